The highest BCUT2D eigenvalue weighted by Crippen LogP contribution is 2.31. The molecule has 5 nitrogen and oxygen atoms in total. The summed E-state index contributed by atoms with van der Waals surface area (Å²) in [7, 11) is 4.16. The number of hydrogen-bond donors (Lipinski definition) is 3. The predicted molar refractivity (Wildman–Crippen MR) is 85.7 cm³/mol. The summed E-state index contributed by atoms with van der Waals surface area (Å²) >= 11 is 0. The number of urea groups is 1. The summed E-state index contributed by atoms with van der Waals surface area (Å²) in [6, 6.07) is 8.19. The maximum atomic E-state index is 12.2. The van der Waals surface area contributed by atoms with Gasteiger partial charge in [0.05, 0.1) is 12.1 Å². The van der Waals surface area contributed by atoms with Gasteiger partial charge in [-0.15, -0.1) is 0 Å². The van der Waals surface area contributed by atoms with Crippen LogP contribution in [0, 0.1) is 0 Å². The zero-order valence-corrected chi connectivity index (χ0v) is 13.2. The van der Waals surface area contributed by atoms with Crippen LogP contribution in [0.15, 0.2) is 24.3 Å². The molecule has 0 bridgehead atoms. The molecule has 0 heterocycles. The van der Waals surface area contributed by atoms with Gasteiger partial charge in [0.25, 0.3) is 0 Å². The first-order chi connectivity index (χ1) is 10.5. The third-order valence-corrected chi connectivity index (χ3v) is 4.96. The molecule has 2 aliphatic rings. The Hall–Kier alpha value is -1.59. The SMILES string of the molecule is CN(C)C1CCC(NC(=O)NC2c3ccccc3CC2O)C1. The summed E-state index contributed by atoms with van der Waals surface area (Å²) < 4.78 is 0. The highest BCUT2D eigenvalue weighted by atomic mass is 16.3. The molecule has 5 heteroatoms. The van der Waals surface area contributed by atoms with Crippen molar-refractivity contribution in [3.63, 3.8) is 0 Å². The Bertz CT molecular complexity index is 546. The highest BCUT2D eigenvalue weighted by Gasteiger charge is 2.33. The van der Waals surface area contributed by atoms with Crippen molar-refractivity contribution in [3.8, 4) is 0 Å². The molecular weight excluding hydrogens is 278 g/mol. The van der Waals surface area contributed by atoms with Gasteiger partial charge in [0, 0.05) is 18.5 Å². The van der Waals surface area contributed by atoms with Crippen LogP contribution in [-0.4, -0.2) is 48.3 Å². The van der Waals surface area contributed by atoms with Crippen LogP contribution in [0.4, 0.5) is 4.79 Å². The fraction of sp³-hybridized carbons (Fsp3) is 0.588. The van der Waals surface area contributed by atoms with E-state index in [0.717, 1.165) is 30.4 Å². The van der Waals surface area contributed by atoms with Crippen LogP contribution in [-0.2, 0) is 6.42 Å². The minimum Gasteiger partial charge on any atom is -0.390 e. The Morgan fingerprint density at radius 3 is 2.73 bits per heavy atom. The summed E-state index contributed by atoms with van der Waals surface area (Å²) in [6.07, 6.45) is 3.19. The fourth-order valence-corrected chi connectivity index (χ4v) is 3.67. The number of hydrogen-bond acceptors (Lipinski definition) is 3. The van der Waals surface area contributed by atoms with Crippen LogP contribution < -0.4 is 10.6 Å². The van der Waals surface area contributed by atoms with Crippen molar-refractivity contribution >= 4 is 6.03 Å². The lowest BCUT2D eigenvalue weighted by molar-refractivity contribution is 0.141. The van der Waals surface area contributed by atoms with Crippen LogP contribution in [0.2, 0.25) is 0 Å². The number of carbonyl (C=O) groups excluding carboxylic acids is 1. The van der Waals surface area contributed by atoms with Crippen LogP contribution in [0.5, 0.6) is 0 Å². The predicted octanol–water partition coefficient (Wildman–Crippen LogP) is 1.43. The molecule has 3 N–H and O–H groups in total. The number of amides is 2. The zero-order valence-electron chi connectivity index (χ0n) is 13.2. The zero-order chi connectivity index (χ0) is 15.7. The smallest absolute Gasteiger partial charge is 0.315 e. The standard InChI is InChI=1S/C17H25N3O2/c1-20(2)13-8-7-12(10-13)18-17(22)19-16-14-6-4-3-5-11(14)9-15(16)21/h3-6,12-13,15-16,21H,7-10H2,1-2H3,(H2,18,19,22). The molecule has 0 spiro atoms. The van der Waals surface area contributed by atoms with Crippen molar-refractivity contribution in [2.75, 3.05) is 14.1 Å². The number of fused-ring (bicyclic) bond motifs is 1. The van der Waals surface area contributed by atoms with Gasteiger partial charge in [-0.2, -0.15) is 0 Å². The first-order valence-corrected chi connectivity index (χ1v) is 8.04. The third-order valence-electron chi connectivity index (χ3n) is 4.96. The molecule has 120 valence electrons. The highest BCUT2D eigenvalue weighted by molar-refractivity contribution is 5.75. The molecule has 1 fully saturated rings. The molecule has 0 radical (unpaired) electrons. The van der Waals surface area contributed by atoms with E-state index in [-0.39, 0.29) is 18.1 Å². The van der Waals surface area contributed by atoms with E-state index in [0.29, 0.717) is 12.5 Å². The minimum absolute atomic E-state index is 0.176. The molecule has 4 atom stereocenters. The van der Waals surface area contributed by atoms with E-state index in [4.69, 9.17) is 0 Å². The number of aliphatic hydroxyl groups is 1. The first kappa shape index (κ1) is 15.3. The largest absolute Gasteiger partial charge is 0.390 e. The quantitative estimate of drug-likeness (QED) is 0.791. The third kappa shape index (κ3) is 3.10. The molecule has 1 saturated carbocycles. The molecule has 2 amide bonds. The Morgan fingerprint density at radius 1 is 1.23 bits per heavy atom. The molecular formula is C17H25N3O2. The second kappa shape index (κ2) is 6.26. The molecule has 0 aromatic heterocycles. The second-order valence-electron chi connectivity index (χ2n) is 6.69. The topological polar surface area (TPSA) is 64.6 Å². The molecule has 3 rings (SSSR count). The number of carbonyl (C=O) groups is 1. The summed E-state index contributed by atoms with van der Waals surface area (Å²) in [5.41, 5.74) is 2.15. The maximum Gasteiger partial charge on any atom is 0.315 e. The molecule has 1 aromatic rings. The van der Waals surface area contributed by atoms with Gasteiger partial charge in [0.1, 0.15) is 0 Å². The Balaban J connectivity index is 1.57. The number of aliphatic hydroxyl groups excluding tert-OH is 1. The molecule has 2 aliphatic carbocycles. The average Bonchev–Trinajstić information content (AvgIpc) is 3.05. The lowest BCUT2D eigenvalue weighted by Gasteiger charge is -2.21. The van der Waals surface area contributed by atoms with Gasteiger partial charge in [-0.3, -0.25) is 0 Å². The van der Waals surface area contributed by atoms with E-state index in [1.165, 1.54) is 0 Å². The normalized spacial score (nSPS) is 30.4. The minimum atomic E-state index is -0.541. The maximum absolute atomic E-state index is 12.2. The van der Waals surface area contributed by atoms with Gasteiger partial charge < -0.3 is 20.6 Å². The molecule has 22 heavy (non-hydrogen) atoms. The van der Waals surface area contributed by atoms with E-state index in [2.05, 4.69) is 29.6 Å². The number of benzene rings is 1. The van der Waals surface area contributed by atoms with Crippen LogP contribution >= 0.6 is 0 Å². The lowest BCUT2D eigenvalue weighted by Crippen LogP contribution is -2.45. The van der Waals surface area contributed by atoms with Gasteiger partial charge in [0.2, 0.25) is 0 Å². The van der Waals surface area contributed by atoms with E-state index >= 15 is 0 Å². The van der Waals surface area contributed by atoms with E-state index in [1.807, 2.05) is 24.3 Å². The Kier molecular flexibility index (Phi) is 4.36. The van der Waals surface area contributed by atoms with Crippen LogP contribution in [0.1, 0.15) is 36.4 Å². The summed E-state index contributed by atoms with van der Waals surface area (Å²) in [5.74, 6) is 0. The van der Waals surface area contributed by atoms with Crippen molar-refractivity contribution in [2.45, 2.75) is 49.9 Å². The number of rotatable bonds is 3. The molecule has 0 saturated heterocycles. The summed E-state index contributed by atoms with van der Waals surface area (Å²) in [4.78, 5) is 14.5. The van der Waals surface area contributed by atoms with Gasteiger partial charge >= 0.3 is 6.03 Å². The van der Waals surface area contributed by atoms with Crippen molar-refractivity contribution in [1.29, 1.82) is 0 Å². The van der Waals surface area contributed by atoms with Crippen molar-refractivity contribution < 1.29 is 9.90 Å². The lowest BCUT2D eigenvalue weighted by atomic mass is 10.1. The van der Waals surface area contributed by atoms with Crippen LogP contribution in [0.25, 0.3) is 0 Å². The van der Waals surface area contributed by atoms with Gasteiger partial charge in [-0.25, -0.2) is 4.79 Å². The van der Waals surface area contributed by atoms with Crippen molar-refractivity contribution in [3.05, 3.63) is 35.4 Å². The number of nitrogens with zero attached hydrogens (tertiary/aromatic N) is 1. The van der Waals surface area contributed by atoms with Crippen molar-refractivity contribution in [1.82, 2.24) is 15.5 Å². The van der Waals surface area contributed by atoms with Gasteiger partial charge in [-0.1, -0.05) is 24.3 Å². The monoisotopic (exact) mass is 303 g/mol. The summed E-state index contributed by atoms with van der Waals surface area (Å²) in [6.45, 7) is 0. The van der Waals surface area contributed by atoms with Gasteiger partial charge in [-0.05, 0) is 44.5 Å². The Labute approximate surface area is 131 Å². The van der Waals surface area contributed by atoms with Gasteiger partial charge in [0.15, 0.2) is 0 Å². The number of nitrogens with one attached hydrogen (secondary N) is 2. The van der Waals surface area contributed by atoms with Crippen LogP contribution in [0.3, 0.4) is 0 Å². The molecule has 0 aliphatic heterocycles. The Morgan fingerprint density at radius 2 is 2.00 bits per heavy atom. The molecule has 1 aromatic carbocycles. The molecule has 4 unspecified atom stereocenters. The van der Waals surface area contributed by atoms with E-state index < -0.39 is 6.10 Å². The first-order valence-electron chi connectivity index (χ1n) is 8.04. The van der Waals surface area contributed by atoms with E-state index in [1.54, 1.807) is 0 Å². The van der Waals surface area contributed by atoms with E-state index in [9.17, 15) is 9.90 Å². The second-order valence-corrected chi connectivity index (χ2v) is 6.69. The fourth-order valence-electron chi connectivity index (χ4n) is 3.67. The summed E-state index contributed by atoms with van der Waals surface area (Å²) in [5, 5.41) is 16.2. The van der Waals surface area contributed by atoms with Crippen molar-refractivity contribution in [2.24, 2.45) is 0 Å². The average molecular weight is 303 g/mol.